The van der Waals surface area contributed by atoms with Crippen molar-refractivity contribution in [3.63, 3.8) is 0 Å². The van der Waals surface area contributed by atoms with Crippen molar-refractivity contribution in [2.75, 3.05) is 33.8 Å². The van der Waals surface area contributed by atoms with Crippen LogP contribution in [0.4, 0.5) is 0 Å². The summed E-state index contributed by atoms with van der Waals surface area (Å²) in [5, 5.41) is 5.56. The molecule has 0 aliphatic carbocycles. The maximum Gasteiger partial charge on any atom is 0.272 e. The highest BCUT2D eigenvalue weighted by Crippen LogP contribution is 2.31. The number of nitrogens with zero attached hydrogens (tertiary/aromatic N) is 4. The van der Waals surface area contributed by atoms with Gasteiger partial charge in [0.1, 0.15) is 11.4 Å². The zero-order valence-electron chi connectivity index (χ0n) is 21.6. The Morgan fingerprint density at radius 3 is 2.64 bits per heavy atom. The highest BCUT2D eigenvalue weighted by atomic mass is 35.5. The molecule has 2 heterocycles. The van der Waals surface area contributed by atoms with Gasteiger partial charge in [-0.25, -0.2) is 0 Å². The summed E-state index contributed by atoms with van der Waals surface area (Å²) < 4.78 is 7.92. The van der Waals surface area contributed by atoms with Crippen LogP contribution in [0, 0.1) is 0 Å². The fourth-order valence-electron chi connectivity index (χ4n) is 4.68. The average Bonchev–Trinajstić information content (AvgIpc) is 3.31. The quantitative estimate of drug-likeness (QED) is 0.269. The van der Waals surface area contributed by atoms with Crippen LogP contribution >= 0.6 is 11.6 Å². The highest BCUT2D eigenvalue weighted by molar-refractivity contribution is 6.30. The highest BCUT2D eigenvalue weighted by Gasteiger charge is 2.33. The van der Waals surface area contributed by atoms with Crippen LogP contribution in [0.1, 0.15) is 61.1 Å². The van der Waals surface area contributed by atoms with E-state index >= 15 is 0 Å². The molecular formula is C29H37ClN4O2. The van der Waals surface area contributed by atoms with Crippen molar-refractivity contribution in [2.24, 2.45) is 0 Å². The van der Waals surface area contributed by atoms with Crippen LogP contribution in [0.2, 0.25) is 5.02 Å². The molecular weight excluding hydrogens is 472 g/mol. The van der Waals surface area contributed by atoms with Gasteiger partial charge in [0.25, 0.3) is 5.91 Å². The monoisotopic (exact) mass is 508 g/mol. The third kappa shape index (κ3) is 6.68. The van der Waals surface area contributed by atoms with Crippen molar-refractivity contribution in [1.29, 1.82) is 0 Å². The molecule has 0 N–H and O–H groups in total. The molecule has 1 aliphatic heterocycles. The minimum Gasteiger partial charge on any atom is -0.494 e. The van der Waals surface area contributed by atoms with Crippen molar-refractivity contribution in [2.45, 2.75) is 51.6 Å². The molecule has 4 rings (SSSR count). The van der Waals surface area contributed by atoms with Crippen LogP contribution in [0.15, 0.2) is 54.6 Å². The van der Waals surface area contributed by atoms with Gasteiger partial charge >= 0.3 is 0 Å². The predicted octanol–water partition coefficient (Wildman–Crippen LogP) is 6.31. The first-order chi connectivity index (χ1) is 17.4. The van der Waals surface area contributed by atoms with Crippen molar-refractivity contribution >= 4 is 17.5 Å². The molecule has 0 saturated heterocycles. The van der Waals surface area contributed by atoms with Gasteiger partial charge in [0.2, 0.25) is 0 Å². The van der Waals surface area contributed by atoms with E-state index in [0.29, 0.717) is 30.4 Å². The van der Waals surface area contributed by atoms with Gasteiger partial charge in [-0.2, -0.15) is 5.10 Å². The molecule has 1 unspecified atom stereocenters. The molecule has 1 aromatic heterocycles. The topological polar surface area (TPSA) is 50.6 Å². The van der Waals surface area contributed by atoms with E-state index in [1.54, 1.807) is 0 Å². The van der Waals surface area contributed by atoms with Crippen molar-refractivity contribution < 1.29 is 9.53 Å². The molecule has 192 valence electrons. The zero-order chi connectivity index (χ0) is 25.5. The van der Waals surface area contributed by atoms with E-state index < -0.39 is 0 Å². The second-order valence-electron chi connectivity index (χ2n) is 9.85. The summed E-state index contributed by atoms with van der Waals surface area (Å²) in [6.07, 6.45) is 5.44. The van der Waals surface area contributed by atoms with Crippen LogP contribution in [0.5, 0.6) is 5.75 Å². The summed E-state index contributed by atoms with van der Waals surface area (Å²) in [6.45, 7) is 5.10. The lowest BCUT2D eigenvalue weighted by atomic mass is 10.0. The molecule has 0 radical (unpaired) electrons. The van der Waals surface area contributed by atoms with Gasteiger partial charge in [-0.1, -0.05) is 62.1 Å². The van der Waals surface area contributed by atoms with Crippen molar-refractivity contribution in [3.05, 3.63) is 70.9 Å². The Morgan fingerprint density at radius 2 is 1.89 bits per heavy atom. The van der Waals surface area contributed by atoms with Gasteiger partial charge in [-0.15, -0.1) is 0 Å². The number of fused-ring (bicyclic) bond motifs is 1. The van der Waals surface area contributed by atoms with E-state index in [-0.39, 0.29) is 11.9 Å². The Bertz CT molecular complexity index is 1140. The van der Waals surface area contributed by atoms with E-state index in [4.69, 9.17) is 21.4 Å². The molecule has 1 atom stereocenters. The van der Waals surface area contributed by atoms with Crippen LogP contribution in [-0.4, -0.2) is 59.3 Å². The number of rotatable bonds is 12. The summed E-state index contributed by atoms with van der Waals surface area (Å²) >= 11 is 6.08. The maximum absolute atomic E-state index is 13.6. The maximum atomic E-state index is 13.6. The number of carbonyl (C=O) groups is 1. The molecule has 7 heteroatoms. The normalized spacial score (nSPS) is 15.4. The molecule has 0 fully saturated rings. The number of unbranched alkanes of at least 4 members (excludes halogenated alkanes) is 2. The molecule has 6 nitrogen and oxygen atoms in total. The number of halogens is 1. The van der Waals surface area contributed by atoms with E-state index in [0.717, 1.165) is 48.4 Å². The van der Waals surface area contributed by atoms with Crippen molar-refractivity contribution in [3.8, 4) is 17.0 Å². The lowest BCUT2D eigenvalue weighted by Gasteiger charge is -2.33. The first-order valence-corrected chi connectivity index (χ1v) is 13.3. The Hall–Kier alpha value is -2.83. The average molecular weight is 509 g/mol. The molecule has 2 aromatic carbocycles. The number of ether oxygens (including phenoxy) is 1. The number of carbonyl (C=O) groups excluding carboxylic acids is 1. The molecule has 0 spiro atoms. The predicted molar refractivity (Wildman–Crippen MR) is 146 cm³/mol. The molecule has 1 aliphatic rings. The standard InChI is InChI=1S/C29H37ClN4O2/c1-4-5-6-10-25-21-33(20-22-9-7-11-26(18-22)36-17-8-16-32(2)3)29(35)28-19-27(31-34(25)28)23-12-14-24(30)15-13-23/h7,9,11-15,18-19,25H,4-6,8,10,16-17,20-21H2,1-3H3. The lowest BCUT2D eigenvalue weighted by molar-refractivity contribution is 0.0634. The second kappa shape index (κ2) is 12.4. The minimum atomic E-state index is 0.0201. The van der Waals surface area contributed by atoms with Crippen LogP contribution in [-0.2, 0) is 6.54 Å². The Balaban J connectivity index is 1.52. The number of benzene rings is 2. The summed E-state index contributed by atoms with van der Waals surface area (Å²) in [5.74, 6) is 0.872. The van der Waals surface area contributed by atoms with E-state index in [1.165, 1.54) is 12.8 Å². The summed E-state index contributed by atoms with van der Waals surface area (Å²) in [6, 6.07) is 17.8. The van der Waals surface area contributed by atoms with Gasteiger partial charge in [-0.05, 0) is 62.8 Å². The largest absolute Gasteiger partial charge is 0.494 e. The van der Waals surface area contributed by atoms with Gasteiger partial charge in [0.05, 0.1) is 18.3 Å². The summed E-state index contributed by atoms with van der Waals surface area (Å²) in [5.41, 5.74) is 3.51. The SMILES string of the molecule is CCCCCC1CN(Cc2cccc(OCCCN(C)C)c2)C(=O)c2cc(-c3ccc(Cl)cc3)nn21. The van der Waals surface area contributed by atoms with Gasteiger partial charge < -0.3 is 14.5 Å². The zero-order valence-corrected chi connectivity index (χ0v) is 22.4. The molecule has 0 bridgehead atoms. The molecule has 0 saturated carbocycles. The molecule has 3 aromatic rings. The smallest absolute Gasteiger partial charge is 0.272 e. The Kier molecular flexibility index (Phi) is 9.05. The van der Waals surface area contributed by atoms with Crippen LogP contribution in [0.3, 0.4) is 0 Å². The van der Waals surface area contributed by atoms with Gasteiger partial charge in [0, 0.05) is 30.2 Å². The fourth-order valence-corrected chi connectivity index (χ4v) is 4.80. The number of hydrogen-bond acceptors (Lipinski definition) is 4. The minimum absolute atomic E-state index is 0.0201. The second-order valence-corrected chi connectivity index (χ2v) is 10.3. The first-order valence-electron chi connectivity index (χ1n) is 13.0. The van der Waals surface area contributed by atoms with E-state index in [2.05, 4.69) is 38.1 Å². The molecule has 36 heavy (non-hydrogen) atoms. The van der Waals surface area contributed by atoms with E-state index in [9.17, 15) is 4.79 Å². The number of hydrogen-bond donors (Lipinski definition) is 0. The third-order valence-electron chi connectivity index (χ3n) is 6.59. The summed E-state index contributed by atoms with van der Waals surface area (Å²) in [4.78, 5) is 17.7. The Morgan fingerprint density at radius 1 is 1.08 bits per heavy atom. The Labute approximate surface area is 219 Å². The van der Waals surface area contributed by atoms with Gasteiger partial charge in [-0.3, -0.25) is 9.48 Å². The summed E-state index contributed by atoms with van der Waals surface area (Å²) in [7, 11) is 4.13. The third-order valence-corrected chi connectivity index (χ3v) is 6.84. The first kappa shape index (κ1) is 26.2. The van der Waals surface area contributed by atoms with Crippen molar-refractivity contribution in [1.82, 2.24) is 19.6 Å². The number of amides is 1. The van der Waals surface area contributed by atoms with Crippen LogP contribution < -0.4 is 4.74 Å². The van der Waals surface area contributed by atoms with Crippen LogP contribution in [0.25, 0.3) is 11.3 Å². The molecule has 1 amide bonds. The van der Waals surface area contributed by atoms with Gasteiger partial charge in [0.15, 0.2) is 0 Å². The van der Waals surface area contributed by atoms with E-state index in [1.807, 2.05) is 52.0 Å². The fraction of sp³-hybridized carbons (Fsp3) is 0.448. The lowest BCUT2D eigenvalue weighted by Crippen LogP contribution is -2.42. The number of aromatic nitrogens is 2.